The average Bonchev–Trinajstić information content (AvgIpc) is 3.88. The summed E-state index contributed by atoms with van der Waals surface area (Å²) in [5.74, 6) is 0. The molecule has 0 N–H and O–H groups in total. The third kappa shape index (κ3) is 4.50. The maximum atomic E-state index is 2.51. The second-order valence-electron chi connectivity index (χ2n) is 13.8. The second kappa shape index (κ2) is 12.1. The van der Waals surface area contributed by atoms with Gasteiger partial charge in [0.2, 0.25) is 0 Å². The lowest BCUT2D eigenvalue weighted by Crippen LogP contribution is -2.09. The first kappa shape index (κ1) is 30.3. The molecule has 3 heterocycles. The third-order valence-electron chi connectivity index (χ3n) is 10.8. The fraction of sp³-hybridized carbons (Fsp3) is 0. The zero-order valence-corrected chi connectivity index (χ0v) is 29.4. The minimum atomic E-state index is 1.10. The summed E-state index contributed by atoms with van der Waals surface area (Å²) in [6.45, 7) is 0. The average molecular weight is 691 g/mol. The predicted molar refractivity (Wildman–Crippen MR) is 227 cm³/mol. The highest BCUT2D eigenvalue weighted by atomic mass is 15.1. The van der Waals surface area contributed by atoms with Gasteiger partial charge in [-0.25, -0.2) is 0 Å². The Morgan fingerprint density at radius 2 is 0.704 bits per heavy atom. The molecule has 0 fully saturated rings. The number of anilines is 3. The van der Waals surface area contributed by atoms with Crippen molar-refractivity contribution in [2.45, 2.75) is 0 Å². The van der Waals surface area contributed by atoms with Crippen LogP contribution in [0.1, 0.15) is 0 Å². The largest absolute Gasteiger partial charge is 0.311 e. The topological polar surface area (TPSA) is 18.0 Å². The second-order valence-corrected chi connectivity index (χ2v) is 13.8. The first-order valence-electron chi connectivity index (χ1n) is 18.5. The standard InChI is InChI=1S/C50H34N4/c1-5-17-35(18-6-1)51(36-19-7-2-8-20-36)39-29-31-40(32-30-39)52-44-27-15-13-25-41(44)47-46(52)34-33-43-48(47)54(38-23-11-4-12-24-38)49-42-26-14-16-28-45(42)53(50(43)49)37-21-9-3-10-22-37/h1-34H. The van der Waals surface area contributed by atoms with Gasteiger partial charge < -0.3 is 18.6 Å². The van der Waals surface area contributed by atoms with Gasteiger partial charge in [-0.15, -0.1) is 0 Å². The summed E-state index contributed by atoms with van der Waals surface area (Å²) in [4.78, 5) is 2.31. The van der Waals surface area contributed by atoms with E-state index < -0.39 is 0 Å². The van der Waals surface area contributed by atoms with E-state index in [1.54, 1.807) is 0 Å². The molecule has 0 radical (unpaired) electrons. The van der Waals surface area contributed by atoms with Crippen molar-refractivity contribution < 1.29 is 0 Å². The highest BCUT2D eigenvalue weighted by Gasteiger charge is 2.26. The van der Waals surface area contributed by atoms with Crippen LogP contribution < -0.4 is 4.90 Å². The number of rotatable bonds is 6. The van der Waals surface area contributed by atoms with Gasteiger partial charge in [0.05, 0.1) is 33.1 Å². The van der Waals surface area contributed by atoms with Crippen molar-refractivity contribution in [3.05, 3.63) is 206 Å². The van der Waals surface area contributed by atoms with E-state index in [4.69, 9.17) is 0 Å². The molecule has 0 aliphatic heterocycles. The van der Waals surface area contributed by atoms with E-state index in [-0.39, 0.29) is 0 Å². The van der Waals surface area contributed by atoms with Gasteiger partial charge in [-0.2, -0.15) is 0 Å². The molecule has 0 aliphatic carbocycles. The minimum absolute atomic E-state index is 1.10. The molecule has 0 saturated carbocycles. The van der Waals surface area contributed by atoms with Crippen LogP contribution >= 0.6 is 0 Å². The fourth-order valence-corrected chi connectivity index (χ4v) is 8.59. The van der Waals surface area contributed by atoms with Gasteiger partial charge in [0.1, 0.15) is 0 Å². The van der Waals surface area contributed by atoms with Crippen LogP contribution in [0.2, 0.25) is 0 Å². The number of benzene rings is 8. The van der Waals surface area contributed by atoms with Gasteiger partial charge in [0.25, 0.3) is 0 Å². The molecule has 4 nitrogen and oxygen atoms in total. The molecule has 0 spiro atoms. The molecule has 8 aromatic carbocycles. The fourth-order valence-electron chi connectivity index (χ4n) is 8.59. The molecular formula is C50H34N4. The Morgan fingerprint density at radius 1 is 0.259 bits per heavy atom. The molecule has 254 valence electrons. The molecule has 54 heavy (non-hydrogen) atoms. The van der Waals surface area contributed by atoms with Crippen LogP contribution in [0.4, 0.5) is 17.1 Å². The molecule has 3 aromatic heterocycles. The van der Waals surface area contributed by atoms with Crippen molar-refractivity contribution in [3.63, 3.8) is 0 Å². The number of hydrogen-bond acceptors (Lipinski definition) is 1. The Morgan fingerprint density at radius 3 is 1.31 bits per heavy atom. The molecule has 11 rings (SSSR count). The normalized spacial score (nSPS) is 11.7. The number of hydrogen-bond donors (Lipinski definition) is 0. The van der Waals surface area contributed by atoms with Crippen LogP contribution in [-0.4, -0.2) is 13.7 Å². The Hall–Kier alpha value is -7.30. The minimum Gasteiger partial charge on any atom is -0.311 e. The Balaban J connectivity index is 1.21. The Labute approximate surface area is 312 Å². The monoisotopic (exact) mass is 690 g/mol. The molecule has 4 heteroatoms. The molecule has 0 saturated heterocycles. The summed E-state index contributed by atoms with van der Waals surface area (Å²) in [7, 11) is 0. The molecule has 11 aromatic rings. The van der Waals surface area contributed by atoms with Crippen molar-refractivity contribution in [2.75, 3.05) is 4.90 Å². The van der Waals surface area contributed by atoms with Crippen molar-refractivity contribution in [1.29, 1.82) is 0 Å². The summed E-state index contributed by atoms with van der Waals surface area (Å²) >= 11 is 0. The van der Waals surface area contributed by atoms with Crippen molar-refractivity contribution >= 4 is 71.7 Å². The van der Waals surface area contributed by atoms with Crippen LogP contribution in [0, 0.1) is 0 Å². The molecular weight excluding hydrogens is 657 g/mol. The molecule has 0 bridgehead atoms. The highest BCUT2D eigenvalue weighted by Crippen LogP contribution is 2.46. The summed E-state index contributed by atoms with van der Waals surface area (Å²) in [5, 5.41) is 4.92. The van der Waals surface area contributed by atoms with E-state index in [2.05, 4.69) is 225 Å². The zero-order chi connectivity index (χ0) is 35.6. The summed E-state index contributed by atoms with van der Waals surface area (Å²) in [6.07, 6.45) is 0. The third-order valence-corrected chi connectivity index (χ3v) is 10.8. The Kier molecular flexibility index (Phi) is 6.82. The smallest absolute Gasteiger partial charge is 0.0804 e. The quantitative estimate of drug-likeness (QED) is 0.170. The van der Waals surface area contributed by atoms with Gasteiger partial charge in [-0.05, 0) is 97.1 Å². The highest BCUT2D eigenvalue weighted by molar-refractivity contribution is 6.29. The van der Waals surface area contributed by atoms with Gasteiger partial charge in [0, 0.05) is 55.7 Å². The SMILES string of the molecule is c1ccc(N(c2ccccc2)c2ccc(-n3c4ccccc4c4c3ccc3c5c(c6ccccc6n5-c5ccccc5)n(-c5ccccc5)c34)cc2)cc1. The van der Waals surface area contributed by atoms with Gasteiger partial charge >= 0.3 is 0 Å². The number of nitrogens with zero attached hydrogens (tertiary/aromatic N) is 4. The number of aromatic nitrogens is 3. The van der Waals surface area contributed by atoms with E-state index >= 15 is 0 Å². The molecule has 0 unspecified atom stereocenters. The van der Waals surface area contributed by atoms with Crippen LogP contribution in [0.3, 0.4) is 0 Å². The van der Waals surface area contributed by atoms with E-state index in [1.807, 2.05) is 0 Å². The van der Waals surface area contributed by atoms with Gasteiger partial charge in [0.15, 0.2) is 0 Å². The maximum absolute atomic E-state index is 2.51. The van der Waals surface area contributed by atoms with E-state index in [0.29, 0.717) is 0 Å². The van der Waals surface area contributed by atoms with Gasteiger partial charge in [-0.3, -0.25) is 0 Å². The first-order chi connectivity index (χ1) is 26.8. The summed E-state index contributed by atoms with van der Waals surface area (Å²) in [6, 6.07) is 74.1. The van der Waals surface area contributed by atoms with Crippen LogP contribution in [-0.2, 0) is 0 Å². The lowest BCUT2D eigenvalue weighted by atomic mass is 10.1. The van der Waals surface area contributed by atoms with Gasteiger partial charge in [-0.1, -0.05) is 109 Å². The summed E-state index contributed by atoms with van der Waals surface area (Å²) < 4.78 is 7.38. The van der Waals surface area contributed by atoms with E-state index in [0.717, 1.165) is 34.1 Å². The summed E-state index contributed by atoms with van der Waals surface area (Å²) in [5.41, 5.74) is 13.9. The zero-order valence-electron chi connectivity index (χ0n) is 29.4. The van der Waals surface area contributed by atoms with E-state index in [9.17, 15) is 0 Å². The van der Waals surface area contributed by atoms with Crippen LogP contribution in [0.25, 0.3) is 71.7 Å². The maximum Gasteiger partial charge on any atom is 0.0804 e. The molecule has 0 amide bonds. The van der Waals surface area contributed by atoms with Crippen molar-refractivity contribution in [3.8, 4) is 17.1 Å². The van der Waals surface area contributed by atoms with Crippen molar-refractivity contribution in [2.24, 2.45) is 0 Å². The van der Waals surface area contributed by atoms with E-state index in [1.165, 1.54) is 54.6 Å². The number of para-hydroxylation sites is 6. The predicted octanol–water partition coefficient (Wildman–Crippen LogP) is 13.3. The lowest BCUT2D eigenvalue weighted by Gasteiger charge is -2.25. The van der Waals surface area contributed by atoms with Crippen LogP contribution in [0.5, 0.6) is 0 Å². The number of fused-ring (bicyclic) bond motifs is 9. The van der Waals surface area contributed by atoms with Crippen LogP contribution in [0.15, 0.2) is 206 Å². The Bertz CT molecular complexity index is 3080. The molecule has 0 atom stereocenters. The molecule has 0 aliphatic rings. The lowest BCUT2D eigenvalue weighted by molar-refractivity contribution is 1.17. The van der Waals surface area contributed by atoms with Crippen molar-refractivity contribution in [1.82, 2.24) is 13.7 Å². The first-order valence-corrected chi connectivity index (χ1v) is 18.5.